The number of carbonyl (C=O) groups is 1. The number of carboxylic acids is 1. The number of rotatable bonds is 3. The number of hydrogen-bond donors (Lipinski definition) is 1. The maximum atomic E-state index is 10.7. The summed E-state index contributed by atoms with van der Waals surface area (Å²) >= 11 is 0. The quantitative estimate of drug-likeness (QED) is 0.830. The molecule has 1 saturated carbocycles. The molecule has 2 rings (SSSR count). The van der Waals surface area contributed by atoms with Crippen molar-refractivity contribution in [2.45, 2.75) is 45.1 Å². The minimum absolute atomic E-state index is 0.101. The van der Waals surface area contributed by atoms with Gasteiger partial charge in [0, 0.05) is 0 Å². The van der Waals surface area contributed by atoms with Gasteiger partial charge in [-0.15, -0.1) is 5.10 Å². The van der Waals surface area contributed by atoms with E-state index in [0.717, 1.165) is 12.8 Å². The fraction of sp³-hybridized carbons (Fsp3) is 0.800. The highest BCUT2D eigenvalue weighted by molar-refractivity contribution is 5.68. The van der Waals surface area contributed by atoms with Gasteiger partial charge in [0.1, 0.15) is 6.42 Å². The van der Waals surface area contributed by atoms with Gasteiger partial charge in [0.05, 0.1) is 6.04 Å². The van der Waals surface area contributed by atoms with Crippen LogP contribution in [0.2, 0.25) is 0 Å². The van der Waals surface area contributed by atoms with E-state index in [2.05, 4.69) is 22.4 Å². The number of aliphatic carboxylic acids is 1. The number of carboxylic acid groups (broad SMARTS) is 1. The third-order valence-corrected chi connectivity index (χ3v) is 3.25. The Hall–Kier alpha value is -1.46. The summed E-state index contributed by atoms with van der Waals surface area (Å²) in [6, 6.07) is 0.262. The predicted octanol–water partition coefficient (Wildman–Crippen LogP) is 1.05. The van der Waals surface area contributed by atoms with Gasteiger partial charge in [0.2, 0.25) is 0 Å². The van der Waals surface area contributed by atoms with E-state index in [0.29, 0.717) is 11.7 Å². The molecule has 88 valence electrons. The Labute approximate surface area is 93.6 Å². The van der Waals surface area contributed by atoms with Gasteiger partial charge in [-0.2, -0.15) is 0 Å². The molecule has 16 heavy (non-hydrogen) atoms. The average Bonchev–Trinajstić information content (AvgIpc) is 2.66. The summed E-state index contributed by atoms with van der Waals surface area (Å²) in [7, 11) is 0. The van der Waals surface area contributed by atoms with E-state index in [-0.39, 0.29) is 12.5 Å². The molecule has 0 spiro atoms. The van der Waals surface area contributed by atoms with Crippen LogP contribution in [0.25, 0.3) is 0 Å². The Kier molecular flexibility index (Phi) is 3.17. The van der Waals surface area contributed by atoms with Crippen LogP contribution in [0.1, 0.15) is 44.5 Å². The van der Waals surface area contributed by atoms with Gasteiger partial charge in [-0.3, -0.25) is 4.79 Å². The third-order valence-electron chi connectivity index (χ3n) is 3.25. The lowest BCUT2D eigenvalue weighted by Crippen LogP contribution is -2.24. The fourth-order valence-corrected chi connectivity index (χ4v) is 2.38. The van der Waals surface area contributed by atoms with Gasteiger partial charge in [-0.25, -0.2) is 4.68 Å². The first-order valence-corrected chi connectivity index (χ1v) is 5.67. The van der Waals surface area contributed by atoms with E-state index in [4.69, 9.17) is 5.11 Å². The highest BCUT2D eigenvalue weighted by Gasteiger charge is 2.26. The zero-order valence-electron chi connectivity index (χ0n) is 9.33. The highest BCUT2D eigenvalue weighted by atomic mass is 16.4. The first-order valence-electron chi connectivity index (χ1n) is 5.67. The molecule has 0 bridgehead atoms. The largest absolute Gasteiger partial charge is 0.481 e. The van der Waals surface area contributed by atoms with Crippen molar-refractivity contribution < 1.29 is 9.90 Å². The molecule has 2 atom stereocenters. The molecule has 1 heterocycles. The summed E-state index contributed by atoms with van der Waals surface area (Å²) in [4.78, 5) is 10.7. The molecule has 1 N–H and O–H groups in total. The van der Waals surface area contributed by atoms with E-state index < -0.39 is 5.97 Å². The standard InChI is InChI=1S/C10H16N4O2/c1-7-4-2-3-5-8(7)14-9(6-10(15)16)11-12-13-14/h7-8H,2-6H2,1H3,(H,15,16). The van der Waals surface area contributed by atoms with Crippen molar-refractivity contribution in [2.75, 3.05) is 0 Å². The van der Waals surface area contributed by atoms with Crippen LogP contribution in [0.5, 0.6) is 0 Å². The molecule has 0 aromatic carbocycles. The maximum absolute atomic E-state index is 10.7. The lowest BCUT2D eigenvalue weighted by molar-refractivity contribution is -0.136. The van der Waals surface area contributed by atoms with Crippen molar-refractivity contribution in [3.63, 3.8) is 0 Å². The van der Waals surface area contributed by atoms with Crippen molar-refractivity contribution in [3.05, 3.63) is 5.82 Å². The van der Waals surface area contributed by atoms with Gasteiger partial charge in [0.25, 0.3) is 0 Å². The third kappa shape index (κ3) is 2.20. The van der Waals surface area contributed by atoms with Crippen LogP contribution in [0, 0.1) is 5.92 Å². The van der Waals surface area contributed by atoms with Crippen LogP contribution in [0.15, 0.2) is 0 Å². The van der Waals surface area contributed by atoms with E-state index in [9.17, 15) is 4.79 Å². The van der Waals surface area contributed by atoms with Crippen LogP contribution in [0.4, 0.5) is 0 Å². The molecule has 1 aromatic rings. The van der Waals surface area contributed by atoms with Crippen molar-refractivity contribution in [2.24, 2.45) is 5.92 Å². The molecule has 1 aliphatic carbocycles. The zero-order chi connectivity index (χ0) is 11.5. The SMILES string of the molecule is CC1CCCCC1n1nnnc1CC(=O)O. The Morgan fingerprint density at radius 3 is 2.94 bits per heavy atom. The lowest BCUT2D eigenvalue weighted by atomic mass is 9.86. The molecule has 1 aliphatic rings. The topological polar surface area (TPSA) is 80.9 Å². The molecular formula is C10H16N4O2. The van der Waals surface area contributed by atoms with Gasteiger partial charge in [-0.05, 0) is 29.2 Å². The number of tetrazole rings is 1. The molecule has 0 aliphatic heterocycles. The average molecular weight is 224 g/mol. The molecule has 0 saturated heterocycles. The summed E-state index contributed by atoms with van der Waals surface area (Å²) in [6.07, 6.45) is 4.52. The van der Waals surface area contributed by atoms with E-state index in [1.54, 1.807) is 4.68 Å². The van der Waals surface area contributed by atoms with Crippen LogP contribution >= 0.6 is 0 Å². The first-order chi connectivity index (χ1) is 7.68. The second kappa shape index (κ2) is 4.59. The summed E-state index contributed by atoms with van der Waals surface area (Å²) < 4.78 is 1.71. The van der Waals surface area contributed by atoms with Crippen LogP contribution in [-0.2, 0) is 11.2 Å². The lowest BCUT2D eigenvalue weighted by Gasteiger charge is -2.28. The summed E-state index contributed by atoms with van der Waals surface area (Å²) in [5.41, 5.74) is 0. The monoisotopic (exact) mass is 224 g/mol. The molecular weight excluding hydrogens is 208 g/mol. The second-order valence-corrected chi connectivity index (χ2v) is 4.44. The van der Waals surface area contributed by atoms with E-state index >= 15 is 0 Å². The van der Waals surface area contributed by atoms with Crippen LogP contribution in [0.3, 0.4) is 0 Å². The number of nitrogens with zero attached hydrogens (tertiary/aromatic N) is 4. The van der Waals surface area contributed by atoms with Crippen LogP contribution in [-0.4, -0.2) is 31.3 Å². The molecule has 0 amide bonds. The minimum Gasteiger partial charge on any atom is -0.481 e. The minimum atomic E-state index is -0.889. The first kappa shape index (κ1) is 11.0. The van der Waals surface area contributed by atoms with Crippen LogP contribution < -0.4 is 0 Å². The van der Waals surface area contributed by atoms with Crippen molar-refractivity contribution >= 4 is 5.97 Å². The summed E-state index contributed by atoms with van der Waals surface area (Å²) in [5, 5.41) is 20.1. The normalized spacial score (nSPS) is 25.6. The van der Waals surface area contributed by atoms with E-state index in [1.807, 2.05) is 0 Å². The second-order valence-electron chi connectivity index (χ2n) is 4.44. The Morgan fingerprint density at radius 1 is 1.50 bits per heavy atom. The van der Waals surface area contributed by atoms with Gasteiger partial charge >= 0.3 is 5.97 Å². The summed E-state index contributed by atoms with van der Waals surface area (Å²) in [6.45, 7) is 2.18. The molecule has 6 heteroatoms. The smallest absolute Gasteiger partial charge is 0.311 e. The van der Waals surface area contributed by atoms with Gasteiger partial charge < -0.3 is 5.11 Å². The predicted molar refractivity (Wildman–Crippen MR) is 55.8 cm³/mol. The summed E-state index contributed by atoms with van der Waals surface area (Å²) in [5.74, 6) is 0.0931. The van der Waals surface area contributed by atoms with Gasteiger partial charge in [0.15, 0.2) is 5.82 Å². The van der Waals surface area contributed by atoms with Crippen molar-refractivity contribution in [1.82, 2.24) is 20.2 Å². The maximum Gasteiger partial charge on any atom is 0.311 e. The van der Waals surface area contributed by atoms with Gasteiger partial charge in [-0.1, -0.05) is 19.8 Å². The van der Waals surface area contributed by atoms with Crippen molar-refractivity contribution in [1.29, 1.82) is 0 Å². The highest BCUT2D eigenvalue weighted by Crippen LogP contribution is 2.33. The van der Waals surface area contributed by atoms with Crippen molar-refractivity contribution in [3.8, 4) is 0 Å². The van der Waals surface area contributed by atoms with E-state index in [1.165, 1.54) is 12.8 Å². The molecule has 1 fully saturated rings. The Balaban J connectivity index is 2.18. The molecule has 6 nitrogen and oxygen atoms in total. The zero-order valence-corrected chi connectivity index (χ0v) is 9.33. The molecule has 2 unspecified atom stereocenters. The fourth-order valence-electron chi connectivity index (χ4n) is 2.38. The Bertz CT molecular complexity index is 377. The Morgan fingerprint density at radius 2 is 2.25 bits per heavy atom. The number of aromatic nitrogens is 4. The number of hydrogen-bond acceptors (Lipinski definition) is 4. The molecule has 0 radical (unpaired) electrons. The molecule has 1 aromatic heterocycles.